The minimum absolute atomic E-state index is 0.274. The quantitative estimate of drug-likeness (QED) is 0.664. The highest BCUT2D eigenvalue weighted by atomic mass is 35.5. The first-order valence-corrected chi connectivity index (χ1v) is 9.11. The maximum atomic E-state index is 12.4. The van der Waals surface area contributed by atoms with Gasteiger partial charge in [-0.1, -0.05) is 29.3 Å². The molecule has 1 N–H and O–H groups in total. The lowest BCUT2D eigenvalue weighted by atomic mass is 10.1. The normalized spacial score (nSPS) is 11.0. The Kier molecular flexibility index (Phi) is 5.13. The third-order valence-electron chi connectivity index (χ3n) is 3.68. The number of benzene rings is 1. The first-order valence-electron chi connectivity index (χ1n) is 7.54. The van der Waals surface area contributed by atoms with E-state index in [-0.39, 0.29) is 12.2 Å². The zero-order valence-electron chi connectivity index (χ0n) is 13.5. The zero-order valence-corrected chi connectivity index (χ0v) is 15.8. The number of esters is 1. The molecule has 0 radical (unpaired) electrons. The number of aryl methyl sites for hydroxylation is 1. The number of hydrogen-bond donors (Lipinski definition) is 1. The molecule has 0 saturated heterocycles. The molecule has 1 aromatic carbocycles. The van der Waals surface area contributed by atoms with Crippen LogP contribution in [0.5, 0.6) is 0 Å². The van der Waals surface area contributed by atoms with Crippen LogP contribution in [-0.2, 0) is 11.2 Å². The van der Waals surface area contributed by atoms with Gasteiger partial charge in [0.05, 0.1) is 12.0 Å². The van der Waals surface area contributed by atoms with Crippen LogP contribution < -0.4 is 5.56 Å². The van der Waals surface area contributed by atoms with Crippen molar-refractivity contribution < 1.29 is 9.53 Å². The Bertz CT molecular complexity index is 1030. The lowest BCUT2D eigenvalue weighted by molar-refractivity contribution is 0.0531. The summed E-state index contributed by atoms with van der Waals surface area (Å²) in [5.41, 5.74) is 1.10. The van der Waals surface area contributed by atoms with Gasteiger partial charge in [0.1, 0.15) is 15.5 Å². The molecule has 0 aliphatic rings. The van der Waals surface area contributed by atoms with Gasteiger partial charge >= 0.3 is 5.97 Å². The summed E-state index contributed by atoms with van der Waals surface area (Å²) in [5, 5.41) is 1.46. The minimum Gasteiger partial charge on any atom is -0.462 e. The van der Waals surface area contributed by atoms with Crippen molar-refractivity contribution in [1.82, 2.24) is 9.97 Å². The number of hydrogen-bond acceptors (Lipinski definition) is 5. The van der Waals surface area contributed by atoms with Gasteiger partial charge in [0, 0.05) is 16.5 Å². The number of fused-ring (bicyclic) bond motifs is 1. The molecule has 0 amide bonds. The molecule has 25 heavy (non-hydrogen) atoms. The summed E-state index contributed by atoms with van der Waals surface area (Å²) in [6.45, 7) is 3.73. The Morgan fingerprint density at radius 3 is 2.80 bits per heavy atom. The van der Waals surface area contributed by atoms with E-state index >= 15 is 0 Å². The highest BCUT2D eigenvalue weighted by Crippen LogP contribution is 2.28. The molecular formula is C17H14Cl2N2O3S. The molecule has 2 heterocycles. The predicted molar refractivity (Wildman–Crippen MR) is 100 cm³/mol. The smallest absolute Gasteiger partial charge is 0.348 e. The molecule has 0 atom stereocenters. The zero-order chi connectivity index (χ0) is 18.1. The fraction of sp³-hybridized carbons (Fsp3) is 0.235. The van der Waals surface area contributed by atoms with Crippen molar-refractivity contribution in [3.8, 4) is 0 Å². The van der Waals surface area contributed by atoms with Gasteiger partial charge < -0.3 is 9.72 Å². The van der Waals surface area contributed by atoms with Gasteiger partial charge in [0.2, 0.25) is 0 Å². The fourth-order valence-corrected chi connectivity index (χ4v) is 4.08. The second kappa shape index (κ2) is 7.15. The van der Waals surface area contributed by atoms with Gasteiger partial charge in [-0.15, -0.1) is 11.3 Å². The van der Waals surface area contributed by atoms with Crippen molar-refractivity contribution in [2.45, 2.75) is 20.3 Å². The van der Waals surface area contributed by atoms with Crippen LogP contribution >= 0.6 is 34.5 Å². The van der Waals surface area contributed by atoms with Crippen LogP contribution in [0.25, 0.3) is 10.2 Å². The van der Waals surface area contributed by atoms with E-state index in [9.17, 15) is 9.59 Å². The van der Waals surface area contributed by atoms with Gasteiger partial charge in [-0.05, 0) is 37.1 Å². The lowest BCUT2D eigenvalue weighted by Gasteiger charge is -2.04. The van der Waals surface area contributed by atoms with Crippen LogP contribution in [-0.4, -0.2) is 22.5 Å². The number of carbonyl (C=O) groups is 1. The summed E-state index contributed by atoms with van der Waals surface area (Å²) in [6.07, 6.45) is 0.354. The van der Waals surface area contributed by atoms with Crippen LogP contribution in [0.15, 0.2) is 23.0 Å². The number of aromatic nitrogens is 2. The average molecular weight is 397 g/mol. The van der Waals surface area contributed by atoms with E-state index < -0.39 is 5.97 Å². The number of nitrogens with one attached hydrogen (secondary N) is 1. The van der Waals surface area contributed by atoms with E-state index in [0.717, 1.165) is 16.9 Å². The number of halogens is 2. The van der Waals surface area contributed by atoms with Crippen molar-refractivity contribution in [3.05, 3.63) is 60.4 Å². The molecule has 130 valence electrons. The summed E-state index contributed by atoms with van der Waals surface area (Å²) in [6, 6.07) is 5.16. The van der Waals surface area contributed by atoms with E-state index in [0.29, 0.717) is 42.9 Å². The number of ether oxygens (including phenoxy) is 1. The summed E-state index contributed by atoms with van der Waals surface area (Å²) in [5.74, 6) is 0.0306. The van der Waals surface area contributed by atoms with Crippen LogP contribution in [0.4, 0.5) is 0 Å². The van der Waals surface area contributed by atoms with E-state index in [1.54, 1.807) is 32.0 Å². The second-order valence-electron chi connectivity index (χ2n) is 5.38. The largest absolute Gasteiger partial charge is 0.462 e. The Hall–Kier alpha value is -1.89. The number of H-pyrrole nitrogens is 1. The molecule has 8 heteroatoms. The van der Waals surface area contributed by atoms with Gasteiger partial charge in [-0.3, -0.25) is 4.79 Å². The highest BCUT2D eigenvalue weighted by molar-refractivity contribution is 7.20. The molecule has 0 unspecified atom stereocenters. The molecule has 0 saturated carbocycles. The van der Waals surface area contributed by atoms with Gasteiger partial charge in [-0.2, -0.15) is 0 Å². The standard InChI is InChI=1S/C17H14Cl2N2O3S/c1-3-24-17(23)14-8(2)13-15(22)20-12(21-16(13)25-14)6-9-4-5-10(18)7-11(9)19/h4-5,7H,3,6H2,1-2H3,(H,20,21,22). The van der Waals surface area contributed by atoms with E-state index in [1.165, 1.54) is 0 Å². The highest BCUT2D eigenvalue weighted by Gasteiger charge is 2.20. The van der Waals surface area contributed by atoms with Gasteiger partial charge in [0.25, 0.3) is 5.56 Å². The van der Waals surface area contributed by atoms with E-state index in [2.05, 4.69) is 9.97 Å². The number of carbonyl (C=O) groups excluding carboxylic acids is 1. The van der Waals surface area contributed by atoms with Crippen LogP contribution in [0.2, 0.25) is 10.0 Å². The maximum Gasteiger partial charge on any atom is 0.348 e. The third-order valence-corrected chi connectivity index (χ3v) is 5.44. The van der Waals surface area contributed by atoms with Crippen LogP contribution in [0.3, 0.4) is 0 Å². The number of nitrogens with zero attached hydrogens (tertiary/aromatic N) is 1. The Morgan fingerprint density at radius 1 is 1.36 bits per heavy atom. The lowest BCUT2D eigenvalue weighted by Crippen LogP contribution is -2.12. The second-order valence-corrected chi connectivity index (χ2v) is 7.22. The first kappa shape index (κ1) is 17.9. The van der Waals surface area contributed by atoms with Crippen molar-refractivity contribution >= 4 is 50.7 Å². The minimum atomic E-state index is -0.440. The molecule has 0 bridgehead atoms. The average Bonchev–Trinajstić information content (AvgIpc) is 2.88. The molecule has 0 fully saturated rings. The monoisotopic (exact) mass is 396 g/mol. The number of rotatable bonds is 4. The number of thiophene rings is 1. The van der Waals surface area contributed by atoms with Crippen molar-refractivity contribution in [1.29, 1.82) is 0 Å². The van der Waals surface area contributed by atoms with Crippen LogP contribution in [0, 0.1) is 6.92 Å². The molecule has 5 nitrogen and oxygen atoms in total. The maximum absolute atomic E-state index is 12.4. The Labute approximate surface area is 157 Å². The van der Waals surface area contributed by atoms with Crippen LogP contribution in [0.1, 0.15) is 33.5 Å². The summed E-state index contributed by atoms with van der Waals surface area (Å²) >= 11 is 13.2. The number of aromatic amines is 1. The van der Waals surface area contributed by atoms with Gasteiger partial charge in [-0.25, -0.2) is 9.78 Å². The summed E-state index contributed by atoms with van der Waals surface area (Å²) < 4.78 is 5.03. The summed E-state index contributed by atoms with van der Waals surface area (Å²) in [7, 11) is 0. The van der Waals surface area contributed by atoms with E-state index in [4.69, 9.17) is 27.9 Å². The van der Waals surface area contributed by atoms with Gasteiger partial charge in [0.15, 0.2) is 0 Å². The van der Waals surface area contributed by atoms with E-state index in [1.807, 2.05) is 0 Å². The molecule has 0 spiro atoms. The van der Waals surface area contributed by atoms with Crippen molar-refractivity contribution in [3.63, 3.8) is 0 Å². The first-order chi connectivity index (χ1) is 11.9. The topological polar surface area (TPSA) is 72.0 Å². The molecule has 3 rings (SSSR count). The van der Waals surface area contributed by atoms with Crippen molar-refractivity contribution in [2.75, 3.05) is 6.61 Å². The van der Waals surface area contributed by atoms with Crippen molar-refractivity contribution in [2.24, 2.45) is 0 Å². The third kappa shape index (κ3) is 3.56. The Balaban J connectivity index is 2.04. The molecule has 0 aliphatic heterocycles. The molecule has 3 aromatic rings. The predicted octanol–water partition coefficient (Wildman–Crippen LogP) is 4.37. The molecule has 2 aromatic heterocycles. The Morgan fingerprint density at radius 2 is 2.12 bits per heavy atom. The fourth-order valence-electron chi connectivity index (χ4n) is 2.51. The molecular weight excluding hydrogens is 383 g/mol. The SMILES string of the molecule is CCOC(=O)c1sc2nc(Cc3ccc(Cl)cc3Cl)[nH]c(=O)c2c1C. The molecule has 0 aliphatic carbocycles. The summed E-state index contributed by atoms with van der Waals surface area (Å²) in [4.78, 5) is 32.6.